The first-order chi connectivity index (χ1) is 39.8. The van der Waals surface area contributed by atoms with Gasteiger partial charge in [0, 0.05) is 108 Å². The maximum absolute atomic E-state index is 14.5. The van der Waals surface area contributed by atoms with Gasteiger partial charge in [0.15, 0.2) is 17.4 Å². The van der Waals surface area contributed by atoms with E-state index >= 15 is 0 Å². The summed E-state index contributed by atoms with van der Waals surface area (Å²) < 4.78 is 57.2. The number of methoxy groups -OCH3 is 1. The average molecular weight is 1220 g/mol. The van der Waals surface area contributed by atoms with Crippen molar-refractivity contribution in [3.63, 3.8) is 0 Å². The predicted octanol–water partition coefficient (Wildman–Crippen LogP) is 6.78. The zero-order valence-corrected chi connectivity index (χ0v) is 51.8. The maximum Gasteiger partial charge on any atom is 0.308 e. The molecule has 4 unspecified atom stereocenters. The Morgan fingerprint density at radius 3 is 2.15 bits per heavy atom. The van der Waals surface area contributed by atoms with Crippen molar-refractivity contribution in [2.75, 3.05) is 7.11 Å². The largest absolute Gasteiger partial charge is 0.462 e. The zero-order chi connectivity index (χ0) is 62.5. The number of rotatable bonds is 9. The fourth-order valence-electron chi connectivity index (χ4n) is 14.8. The number of aliphatic hydroxyl groups excluding tert-OH is 5. The highest BCUT2D eigenvalue weighted by atomic mass is 35.5. The van der Waals surface area contributed by atoms with Gasteiger partial charge in [-0.2, -0.15) is 0 Å². The van der Waals surface area contributed by atoms with E-state index < -0.39 is 162 Å². The quantitative estimate of drug-likeness (QED) is 0.0542. The molecule has 6 aliphatic heterocycles. The molecule has 7 aliphatic rings. The van der Waals surface area contributed by atoms with E-state index in [2.05, 4.69) is 19.7 Å². The molecule has 0 aromatic heterocycles. The van der Waals surface area contributed by atoms with Crippen molar-refractivity contribution in [1.29, 1.82) is 0 Å². The van der Waals surface area contributed by atoms with E-state index in [-0.39, 0.29) is 94.0 Å². The number of carbonyl (C=O) groups excluding carboxylic acids is 4. The molecule has 10 bridgehead atoms. The molecular weight excluding hydrogens is 1120 g/mol. The number of ether oxygens (including phenoxy) is 9. The lowest BCUT2D eigenvalue weighted by Crippen LogP contribution is -2.62. The van der Waals surface area contributed by atoms with Gasteiger partial charge in [-0.3, -0.25) is 19.2 Å². The first-order valence-electron chi connectivity index (χ1n) is 30.7. The number of fused-ring (bicyclic) bond motifs is 8. The number of carbonyl (C=O) groups is 4. The van der Waals surface area contributed by atoms with Crippen molar-refractivity contribution in [3.8, 4) is 0 Å². The second-order valence-corrected chi connectivity index (χ2v) is 26.9. The fourth-order valence-corrected chi connectivity index (χ4v) is 14.9. The first kappa shape index (κ1) is 69.0. The molecule has 0 aromatic carbocycles. The summed E-state index contributed by atoms with van der Waals surface area (Å²) in [7, 11) is 1.58. The van der Waals surface area contributed by atoms with E-state index in [1.54, 1.807) is 34.8 Å². The summed E-state index contributed by atoms with van der Waals surface area (Å²) in [6.07, 6.45) is -4.36. The van der Waals surface area contributed by atoms with Crippen LogP contribution in [0.15, 0.2) is 60.2 Å². The van der Waals surface area contributed by atoms with E-state index in [9.17, 15) is 54.9 Å². The number of allylic oxidation sites excluding steroid dienone is 3. The number of Topliss-reactive ketones (excluding diaryl/α,β-unsaturated/α-hetero) is 1. The summed E-state index contributed by atoms with van der Waals surface area (Å²) in [5.41, 5.74) is -0.359. The molecule has 21 heteroatoms. The number of ketones is 1. The van der Waals surface area contributed by atoms with Gasteiger partial charge in [0.25, 0.3) is 0 Å². The molecule has 7 rings (SSSR count). The first-order valence-corrected chi connectivity index (χ1v) is 31.0. The summed E-state index contributed by atoms with van der Waals surface area (Å²) in [6, 6.07) is 0. The van der Waals surface area contributed by atoms with E-state index in [0.717, 1.165) is 0 Å². The molecule has 0 radical (unpaired) electrons. The number of aliphatic hydroxyl groups is 7. The van der Waals surface area contributed by atoms with Gasteiger partial charge in [-0.15, -0.1) is 0 Å². The van der Waals surface area contributed by atoms with Gasteiger partial charge < -0.3 is 78.4 Å². The summed E-state index contributed by atoms with van der Waals surface area (Å²) in [5.74, 6) is -11.8. The van der Waals surface area contributed by atoms with Gasteiger partial charge in [-0.1, -0.05) is 88.4 Å². The maximum atomic E-state index is 14.5. The lowest BCUT2D eigenvalue weighted by atomic mass is 9.65. The van der Waals surface area contributed by atoms with E-state index in [4.69, 9.17) is 54.2 Å². The monoisotopic (exact) mass is 1220 g/mol. The molecule has 0 amide bonds. The van der Waals surface area contributed by atoms with Crippen LogP contribution in [0, 0.1) is 35.5 Å². The minimum absolute atomic E-state index is 0.0157. The van der Waals surface area contributed by atoms with Gasteiger partial charge in [-0.05, 0) is 69.8 Å². The highest BCUT2D eigenvalue weighted by molar-refractivity contribution is 6.30. The van der Waals surface area contributed by atoms with Gasteiger partial charge in [0.05, 0.1) is 79.0 Å². The lowest BCUT2D eigenvalue weighted by molar-refractivity contribution is -0.349. The Kier molecular flexibility index (Phi) is 23.6. The lowest BCUT2D eigenvalue weighted by Gasteiger charge is -2.52. The van der Waals surface area contributed by atoms with E-state index in [1.807, 2.05) is 19.1 Å². The Hall–Kier alpha value is -3.45. The van der Waals surface area contributed by atoms with Crippen LogP contribution in [-0.4, -0.2) is 175 Å². The van der Waals surface area contributed by atoms with Crippen LogP contribution in [0.25, 0.3) is 0 Å². The van der Waals surface area contributed by atoms with Gasteiger partial charge in [0.2, 0.25) is 0 Å². The van der Waals surface area contributed by atoms with E-state index in [0.29, 0.717) is 43.3 Å². The van der Waals surface area contributed by atoms with Crippen LogP contribution in [0.4, 0.5) is 0 Å². The number of esters is 3. The van der Waals surface area contributed by atoms with Crippen molar-refractivity contribution < 1.29 is 97.6 Å². The van der Waals surface area contributed by atoms with Crippen LogP contribution in [0.2, 0.25) is 0 Å². The minimum Gasteiger partial charge on any atom is -0.462 e. The average Bonchev–Trinajstić information content (AvgIpc) is 1.35. The minimum atomic E-state index is -2.28. The zero-order valence-electron chi connectivity index (χ0n) is 51.0. The Labute approximate surface area is 506 Å². The van der Waals surface area contributed by atoms with Gasteiger partial charge in [-0.25, -0.2) is 0 Å². The summed E-state index contributed by atoms with van der Waals surface area (Å²) in [6.45, 7) is 23.4. The Bertz CT molecular complexity index is 2430. The molecule has 5 saturated heterocycles. The van der Waals surface area contributed by atoms with Crippen LogP contribution in [0.1, 0.15) is 164 Å². The third kappa shape index (κ3) is 18.1. The van der Waals surface area contributed by atoms with E-state index in [1.165, 1.54) is 26.0 Å². The molecule has 85 heavy (non-hydrogen) atoms. The van der Waals surface area contributed by atoms with Crippen LogP contribution >= 0.6 is 11.6 Å². The highest BCUT2D eigenvalue weighted by Crippen LogP contribution is 2.49. The van der Waals surface area contributed by atoms with Crippen LogP contribution < -0.4 is 0 Å². The van der Waals surface area contributed by atoms with Crippen molar-refractivity contribution in [1.82, 2.24) is 0 Å². The summed E-state index contributed by atoms with van der Waals surface area (Å²) >= 11 is 5.91. The standard InChI is InChI=1S/C64H97ClO20/c1-34(20-44(68)18-17-36(3)65)19-43-22-52-38(5)59(57(43)73)80-56(72)27-48-25-50(78-41(8)66)31-63(83-48)33-61(10,75)29-51(84-63)21-35(2)37(4)58(79-42(9)67)40(7)53(70)26-47-24-49(77-11)30-62(82-47)28-45(69)23-46(81-62)15-13-12-14-16-55-39(6)54(71)32-64(76,85-55)60(52)74/h13,15,17-18,37-40,43-52,54-55,57-60,68-69,71,73-76H,1-3,12,14,16,19-33H2,4-11H3/b15-13-,18-17+/t37?,38-,39+,40+,43-,44?,45-,46-,47-,48+,49-,50-,51-,52+,54-,55+,57+,58?,59+,60-,61-,62?,63+,64+/m0/s1. The molecule has 20 nitrogen and oxygen atoms in total. The Morgan fingerprint density at radius 2 is 1.47 bits per heavy atom. The Morgan fingerprint density at radius 1 is 0.812 bits per heavy atom. The third-order valence-corrected chi connectivity index (χ3v) is 19.1. The number of halogens is 1. The fraction of sp³-hybridized carbons (Fsp3) is 0.781. The second kappa shape index (κ2) is 29.0. The smallest absolute Gasteiger partial charge is 0.308 e. The highest BCUT2D eigenvalue weighted by Gasteiger charge is 2.57. The van der Waals surface area contributed by atoms with Crippen molar-refractivity contribution in [3.05, 3.63) is 60.2 Å². The molecule has 24 atom stereocenters. The summed E-state index contributed by atoms with van der Waals surface area (Å²) in [5, 5.41) is 83.1. The molecular formula is C64H97ClO20. The molecule has 480 valence electrons. The van der Waals surface area contributed by atoms with Crippen molar-refractivity contribution in [2.24, 2.45) is 35.5 Å². The SMILES string of the molecule is C=C(Cl)/C=C/C(O)CC(=C)C[C@H]1C[C@@H]2[C@H](C)[C@@H](OC(=O)C[C@H]3C[C@H](OC(C)=O)C[C@@]4(C[C@@](C)(O)C[C@H](CC(=C)C(C)C(OC(C)=O)[C@H](C)C(=O)C[C@@H]5C[C@H](OC)CC6(C[C@@H](O)C[C@H](/C=C\CCC[C@H]7O[C@](O)(C[C@H](O)[C@H]7C)[C@H]2O)O6)O5)O4)O3)[C@@H]1O. The van der Waals surface area contributed by atoms with Gasteiger partial charge in [0.1, 0.15) is 30.2 Å². The van der Waals surface area contributed by atoms with Crippen LogP contribution in [-0.2, 0) is 61.8 Å². The Balaban J connectivity index is 1.22. The van der Waals surface area contributed by atoms with Crippen LogP contribution in [0.5, 0.6) is 0 Å². The van der Waals surface area contributed by atoms with Crippen molar-refractivity contribution in [2.45, 2.75) is 272 Å². The topological polar surface area (TPSA) is 293 Å². The van der Waals surface area contributed by atoms with Crippen molar-refractivity contribution >= 4 is 35.3 Å². The number of hydrogen-bond acceptors (Lipinski definition) is 20. The normalized spacial score (nSPS) is 44.5. The predicted molar refractivity (Wildman–Crippen MR) is 311 cm³/mol. The van der Waals surface area contributed by atoms with Crippen LogP contribution in [0.3, 0.4) is 0 Å². The number of hydrogen-bond donors (Lipinski definition) is 7. The summed E-state index contributed by atoms with van der Waals surface area (Å²) in [4.78, 5) is 54.4. The molecule has 1 saturated carbocycles. The second-order valence-electron chi connectivity index (χ2n) is 26.5. The molecule has 1 aliphatic carbocycles. The molecule has 6 heterocycles. The molecule has 7 N–H and O–H groups in total. The molecule has 0 aromatic rings. The molecule has 6 fully saturated rings. The molecule has 2 spiro atoms. The van der Waals surface area contributed by atoms with Gasteiger partial charge >= 0.3 is 17.9 Å². The third-order valence-electron chi connectivity index (χ3n) is 19.0.